The van der Waals surface area contributed by atoms with Crippen LogP contribution in [-0.4, -0.2) is 37.3 Å². The van der Waals surface area contributed by atoms with Crippen molar-refractivity contribution in [2.75, 3.05) is 6.61 Å². The predicted molar refractivity (Wildman–Crippen MR) is 130 cm³/mol. The van der Waals surface area contributed by atoms with Gasteiger partial charge in [-0.1, -0.05) is 6.92 Å². The van der Waals surface area contributed by atoms with Crippen LogP contribution in [-0.2, 0) is 12.8 Å². The van der Waals surface area contributed by atoms with Crippen LogP contribution < -0.4 is 5.73 Å². The SMILES string of the molecule is C[C@@H]1C[C@H](N)C[C@H](c2ccncc2Cc2ncc3ccc(-c4c(F)cc(CCO)cc4F)nn23)C1. The molecular formula is C27H29F2N5O. The fourth-order valence-electron chi connectivity index (χ4n) is 5.40. The highest BCUT2D eigenvalue weighted by molar-refractivity contribution is 5.63. The Morgan fingerprint density at radius 2 is 1.89 bits per heavy atom. The largest absolute Gasteiger partial charge is 0.396 e. The minimum absolute atomic E-state index is 0.178. The molecule has 3 heterocycles. The summed E-state index contributed by atoms with van der Waals surface area (Å²) in [6.45, 7) is 2.07. The van der Waals surface area contributed by atoms with Gasteiger partial charge in [0.25, 0.3) is 0 Å². The van der Waals surface area contributed by atoms with Gasteiger partial charge in [0.15, 0.2) is 0 Å². The Balaban J connectivity index is 1.50. The van der Waals surface area contributed by atoms with E-state index in [1.54, 1.807) is 22.8 Å². The second kappa shape index (κ2) is 9.79. The highest BCUT2D eigenvalue weighted by Crippen LogP contribution is 2.37. The molecule has 1 aromatic carbocycles. The van der Waals surface area contributed by atoms with Gasteiger partial charge in [0.05, 0.1) is 23.0 Å². The number of halogens is 2. The number of aliphatic hydroxyl groups is 1. The zero-order valence-corrected chi connectivity index (χ0v) is 19.7. The molecule has 3 N–H and O–H groups in total. The lowest BCUT2D eigenvalue weighted by Crippen LogP contribution is -2.31. The first kappa shape index (κ1) is 23.5. The van der Waals surface area contributed by atoms with E-state index in [-0.39, 0.29) is 30.3 Å². The number of aromatic nitrogens is 4. The van der Waals surface area contributed by atoms with Crippen LogP contribution in [0.2, 0.25) is 0 Å². The summed E-state index contributed by atoms with van der Waals surface area (Å²) >= 11 is 0. The van der Waals surface area contributed by atoms with E-state index in [2.05, 4.69) is 28.1 Å². The van der Waals surface area contributed by atoms with E-state index >= 15 is 0 Å². The molecule has 0 radical (unpaired) electrons. The number of pyridine rings is 1. The van der Waals surface area contributed by atoms with Gasteiger partial charge in [0.2, 0.25) is 0 Å². The minimum Gasteiger partial charge on any atom is -0.396 e. The number of hydrogen-bond acceptors (Lipinski definition) is 5. The molecule has 3 aromatic heterocycles. The molecule has 0 unspecified atom stereocenters. The van der Waals surface area contributed by atoms with Crippen LogP contribution in [0.3, 0.4) is 0 Å². The number of nitrogens with two attached hydrogens (primary N) is 1. The lowest BCUT2D eigenvalue weighted by molar-refractivity contribution is 0.299. The van der Waals surface area contributed by atoms with Crippen LogP contribution in [0.1, 0.15) is 54.6 Å². The fourth-order valence-corrected chi connectivity index (χ4v) is 5.40. The molecule has 35 heavy (non-hydrogen) atoms. The number of fused-ring (bicyclic) bond motifs is 1. The monoisotopic (exact) mass is 477 g/mol. The minimum atomic E-state index is -0.709. The third-order valence-electron chi connectivity index (χ3n) is 6.92. The Hall–Kier alpha value is -3.23. The van der Waals surface area contributed by atoms with Crippen LogP contribution >= 0.6 is 0 Å². The fraction of sp³-hybridized carbons (Fsp3) is 0.370. The van der Waals surface area contributed by atoms with E-state index in [1.807, 2.05) is 12.4 Å². The maximum Gasteiger partial charge on any atom is 0.135 e. The van der Waals surface area contributed by atoms with E-state index < -0.39 is 11.6 Å². The van der Waals surface area contributed by atoms with Crippen LogP contribution in [0.5, 0.6) is 0 Å². The van der Waals surface area contributed by atoms with Gasteiger partial charge in [-0.05, 0) is 84.5 Å². The van der Waals surface area contributed by atoms with Crippen molar-refractivity contribution in [2.24, 2.45) is 11.7 Å². The molecule has 1 aliphatic carbocycles. The molecule has 182 valence electrons. The summed E-state index contributed by atoms with van der Waals surface area (Å²) in [5, 5.41) is 13.6. The summed E-state index contributed by atoms with van der Waals surface area (Å²) in [6, 6.07) is 8.09. The Morgan fingerprint density at radius 3 is 2.63 bits per heavy atom. The van der Waals surface area contributed by atoms with Crippen LogP contribution in [0.15, 0.2) is 48.9 Å². The molecule has 0 spiro atoms. The van der Waals surface area contributed by atoms with E-state index in [9.17, 15) is 8.78 Å². The van der Waals surface area contributed by atoms with Crippen molar-refractivity contribution in [3.8, 4) is 11.3 Å². The summed E-state index contributed by atoms with van der Waals surface area (Å²) in [7, 11) is 0. The smallest absolute Gasteiger partial charge is 0.135 e. The molecule has 4 aromatic rings. The average Bonchev–Trinajstić information content (AvgIpc) is 3.21. The van der Waals surface area contributed by atoms with Gasteiger partial charge in [-0.25, -0.2) is 18.3 Å². The van der Waals surface area contributed by atoms with Crippen LogP contribution in [0, 0.1) is 17.6 Å². The molecule has 1 saturated carbocycles. The van der Waals surface area contributed by atoms with Gasteiger partial charge < -0.3 is 10.8 Å². The van der Waals surface area contributed by atoms with Crippen molar-refractivity contribution in [2.45, 2.75) is 51.0 Å². The number of benzene rings is 1. The van der Waals surface area contributed by atoms with Gasteiger partial charge in [0, 0.05) is 31.5 Å². The van der Waals surface area contributed by atoms with Crippen molar-refractivity contribution < 1.29 is 13.9 Å². The molecule has 0 bridgehead atoms. The van der Waals surface area contributed by atoms with Gasteiger partial charge in [-0.15, -0.1) is 0 Å². The molecule has 0 saturated heterocycles. The molecule has 3 atom stereocenters. The average molecular weight is 478 g/mol. The van der Waals surface area contributed by atoms with Crippen molar-refractivity contribution >= 4 is 5.52 Å². The maximum absolute atomic E-state index is 14.8. The van der Waals surface area contributed by atoms with Gasteiger partial charge in [-0.2, -0.15) is 5.10 Å². The van der Waals surface area contributed by atoms with Crippen molar-refractivity contribution in [1.29, 1.82) is 0 Å². The second-order valence-electron chi connectivity index (χ2n) is 9.66. The number of rotatable bonds is 6. The second-order valence-corrected chi connectivity index (χ2v) is 9.66. The predicted octanol–water partition coefficient (Wildman–Crippen LogP) is 4.43. The number of imidazole rings is 1. The van der Waals surface area contributed by atoms with E-state index in [4.69, 9.17) is 10.8 Å². The Bertz CT molecular complexity index is 1320. The van der Waals surface area contributed by atoms with Crippen molar-refractivity contribution in [3.63, 3.8) is 0 Å². The number of nitrogens with zero attached hydrogens (tertiary/aromatic N) is 4. The zero-order chi connectivity index (χ0) is 24.5. The van der Waals surface area contributed by atoms with Gasteiger partial charge >= 0.3 is 0 Å². The molecule has 1 aliphatic rings. The summed E-state index contributed by atoms with van der Waals surface area (Å²) < 4.78 is 31.3. The van der Waals surface area contributed by atoms with Crippen LogP contribution in [0.25, 0.3) is 16.8 Å². The quantitative estimate of drug-likeness (QED) is 0.429. The number of aliphatic hydroxyl groups excluding tert-OH is 1. The zero-order valence-electron chi connectivity index (χ0n) is 19.7. The maximum atomic E-state index is 14.8. The standard InChI is InChI=1S/C27H29F2N5O/c1-16-8-18(12-20(30)9-16)22-4-6-31-14-19(22)13-26-32-15-21-2-3-25(33-34(21)26)27-23(28)10-17(5-7-35)11-24(27)29/h2-4,6,10-11,14-16,18,20,35H,5,7-9,12-13,30H2,1H3/t16-,18+,20-/m0/s1. The first-order valence-electron chi connectivity index (χ1n) is 12.0. The number of hydrogen-bond donors (Lipinski definition) is 2. The van der Waals surface area contributed by atoms with Crippen molar-refractivity contribution in [1.82, 2.24) is 19.6 Å². The Morgan fingerprint density at radius 1 is 1.09 bits per heavy atom. The Kier molecular flexibility index (Phi) is 6.58. The molecule has 0 amide bonds. The highest BCUT2D eigenvalue weighted by Gasteiger charge is 2.27. The molecule has 5 rings (SSSR count). The highest BCUT2D eigenvalue weighted by atomic mass is 19.1. The van der Waals surface area contributed by atoms with E-state index in [0.29, 0.717) is 29.6 Å². The molecule has 0 aliphatic heterocycles. The van der Waals surface area contributed by atoms with Gasteiger partial charge in [0.1, 0.15) is 17.5 Å². The lowest BCUT2D eigenvalue weighted by atomic mass is 9.75. The lowest BCUT2D eigenvalue weighted by Gasteiger charge is -2.32. The normalized spacial score (nSPS) is 20.4. The summed E-state index contributed by atoms with van der Waals surface area (Å²) in [4.78, 5) is 8.90. The van der Waals surface area contributed by atoms with E-state index in [0.717, 1.165) is 30.3 Å². The summed E-state index contributed by atoms with van der Waals surface area (Å²) in [5.41, 5.74) is 9.73. The molecule has 6 nitrogen and oxygen atoms in total. The summed E-state index contributed by atoms with van der Waals surface area (Å²) in [6.07, 6.45) is 9.14. The third kappa shape index (κ3) is 4.81. The Labute approximate surface area is 202 Å². The van der Waals surface area contributed by atoms with Gasteiger partial charge in [-0.3, -0.25) is 4.98 Å². The third-order valence-corrected chi connectivity index (χ3v) is 6.92. The first-order chi connectivity index (χ1) is 16.9. The molecule has 1 fully saturated rings. The first-order valence-corrected chi connectivity index (χ1v) is 12.0. The van der Waals surface area contributed by atoms with E-state index in [1.165, 1.54) is 17.7 Å². The molecular weight excluding hydrogens is 448 g/mol. The van der Waals surface area contributed by atoms with Crippen LogP contribution in [0.4, 0.5) is 8.78 Å². The van der Waals surface area contributed by atoms with Crippen molar-refractivity contribution in [3.05, 3.63) is 83.1 Å². The molecule has 8 heteroatoms. The topological polar surface area (TPSA) is 89.3 Å². The summed E-state index contributed by atoms with van der Waals surface area (Å²) in [5.74, 6) is 0.178.